The van der Waals surface area contributed by atoms with Crippen LogP contribution in [0.4, 0.5) is 0 Å². The Hall–Kier alpha value is -3.25. The second-order valence-corrected chi connectivity index (χ2v) is 7.75. The van der Waals surface area contributed by atoms with Crippen LogP contribution in [0.3, 0.4) is 0 Å². The molecule has 30 heavy (non-hydrogen) atoms. The number of furan rings is 1. The summed E-state index contributed by atoms with van der Waals surface area (Å²) in [6, 6.07) is 9.58. The molecule has 0 saturated heterocycles. The summed E-state index contributed by atoms with van der Waals surface area (Å²) < 4.78 is 11.1. The first kappa shape index (κ1) is 20.0. The van der Waals surface area contributed by atoms with E-state index < -0.39 is 11.6 Å². The molecule has 1 aromatic heterocycles. The predicted molar refractivity (Wildman–Crippen MR) is 113 cm³/mol. The minimum absolute atomic E-state index is 0.275. The zero-order valence-electron chi connectivity index (χ0n) is 17.5. The molecule has 0 spiro atoms. The Balaban J connectivity index is 1.76. The van der Waals surface area contributed by atoms with Crippen molar-refractivity contribution in [2.75, 3.05) is 20.2 Å². The van der Waals surface area contributed by atoms with Gasteiger partial charge in [0.15, 0.2) is 0 Å². The number of carbonyl (C=O) groups is 3. The third-order valence-electron chi connectivity index (χ3n) is 5.62. The lowest BCUT2D eigenvalue weighted by Crippen LogP contribution is -2.24. The number of ether oxygens (including phenoxy) is 1. The molecule has 0 bridgehead atoms. The van der Waals surface area contributed by atoms with Crippen LogP contribution in [0.2, 0.25) is 0 Å². The van der Waals surface area contributed by atoms with Gasteiger partial charge in [0, 0.05) is 30.2 Å². The van der Waals surface area contributed by atoms with E-state index in [9.17, 15) is 14.4 Å². The van der Waals surface area contributed by atoms with E-state index in [1.807, 2.05) is 49.2 Å². The molecule has 0 unspecified atom stereocenters. The zero-order valence-corrected chi connectivity index (χ0v) is 17.5. The smallest absolute Gasteiger partial charge is 0.302 e. The lowest BCUT2D eigenvalue weighted by atomic mass is 9.83. The summed E-state index contributed by atoms with van der Waals surface area (Å²) in [5.41, 5.74) is 3.15. The Morgan fingerprint density at radius 3 is 2.50 bits per heavy atom. The van der Waals surface area contributed by atoms with Crippen LogP contribution >= 0.6 is 0 Å². The molecular formula is C24H23NO5. The number of hydrogen-bond acceptors (Lipinski definition) is 6. The van der Waals surface area contributed by atoms with Gasteiger partial charge in [-0.05, 0) is 43.3 Å². The minimum atomic E-state index is -0.526. The summed E-state index contributed by atoms with van der Waals surface area (Å²) >= 11 is 0. The van der Waals surface area contributed by atoms with Gasteiger partial charge >= 0.3 is 5.97 Å². The molecule has 1 aliphatic rings. The first-order chi connectivity index (χ1) is 14.3. The fourth-order valence-electron chi connectivity index (χ4n) is 4.02. The van der Waals surface area contributed by atoms with E-state index in [-0.39, 0.29) is 12.6 Å². The van der Waals surface area contributed by atoms with E-state index in [0.717, 1.165) is 16.3 Å². The quantitative estimate of drug-likeness (QED) is 0.470. The monoisotopic (exact) mass is 405 g/mol. The van der Waals surface area contributed by atoms with Gasteiger partial charge in [-0.1, -0.05) is 24.3 Å². The number of esters is 1. The largest absolute Gasteiger partial charge is 0.465 e. The summed E-state index contributed by atoms with van der Waals surface area (Å²) in [6.07, 6.45) is 0. The molecule has 3 aromatic rings. The van der Waals surface area contributed by atoms with Crippen LogP contribution in [-0.4, -0.2) is 42.6 Å². The van der Waals surface area contributed by atoms with Crippen molar-refractivity contribution in [2.24, 2.45) is 0 Å². The Morgan fingerprint density at radius 1 is 1.03 bits per heavy atom. The zero-order chi connectivity index (χ0) is 21.6. The van der Waals surface area contributed by atoms with E-state index in [1.165, 1.54) is 6.92 Å². The highest BCUT2D eigenvalue weighted by Gasteiger charge is 2.37. The number of fused-ring (bicyclic) bond motifs is 5. The molecule has 0 atom stereocenters. The van der Waals surface area contributed by atoms with Gasteiger partial charge in [-0.2, -0.15) is 0 Å². The molecule has 0 N–H and O–H groups in total. The van der Waals surface area contributed by atoms with E-state index in [0.29, 0.717) is 46.9 Å². The number of nitrogens with zero attached hydrogens (tertiary/aromatic N) is 1. The SMILES string of the molecule is CC(=O)OCCN(C)Cc1oc2c(c1C)C(=O)C(=O)c1c-2ccc2c(C)cccc12. The van der Waals surface area contributed by atoms with Gasteiger partial charge in [0.1, 0.15) is 18.1 Å². The second kappa shape index (κ2) is 7.54. The normalized spacial score (nSPS) is 13.0. The van der Waals surface area contributed by atoms with Gasteiger partial charge in [0.25, 0.3) is 0 Å². The first-order valence-corrected chi connectivity index (χ1v) is 9.85. The van der Waals surface area contributed by atoms with Crippen molar-refractivity contribution >= 4 is 28.3 Å². The molecule has 1 aliphatic carbocycles. The topological polar surface area (TPSA) is 76.8 Å². The number of benzene rings is 2. The van der Waals surface area contributed by atoms with Crippen LogP contribution in [0.25, 0.3) is 22.1 Å². The van der Waals surface area contributed by atoms with Gasteiger partial charge in [-0.3, -0.25) is 19.3 Å². The van der Waals surface area contributed by atoms with Crippen LogP contribution in [0, 0.1) is 13.8 Å². The number of Topliss-reactive ketones (excluding diaryl/α,β-unsaturated/α-hetero) is 2. The van der Waals surface area contributed by atoms with Gasteiger partial charge in [-0.25, -0.2) is 0 Å². The van der Waals surface area contributed by atoms with Crippen LogP contribution in [-0.2, 0) is 16.1 Å². The summed E-state index contributed by atoms with van der Waals surface area (Å²) in [7, 11) is 1.88. The molecule has 154 valence electrons. The highest BCUT2D eigenvalue weighted by atomic mass is 16.5. The molecule has 1 heterocycles. The predicted octanol–water partition coefficient (Wildman–Crippen LogP) is 4.09. The second-order valence-electron chi connectivity index (χ2n) is 7.75. The fraction of sp³-hybridized carbons (Fsp3) is 0.292. The van der Waals surface area contributed by atoms with Crippen LogP contribution in [0.15, 0.2) is 34.7 Å². The maximum absolute atomic E-state index is 13.0. The average Bonchev–Trinajstić information content (AvgIpc) is 3.02. The van der Waals surface area contributed by atoms with E-state index >= 15 is 0 Å². The Kier molecular flexibility index (Phi) is 5.03. The van der Waals surface area contributed by atoms with Gasteiger partial charge in [0.2, 0.25) is 11.6 Å². The van der Waals surface area contributed by atoms with Crippen molar-refractivity contribution in [3.05, 3.63) is 58.3 Å². The lowest BCUT2D eigenvalue weighted by Gasteiger charge is -2.16. The maximum atomic E-state index is 13.0. The number of ketones is 2. The lowest BCUT2D eigenvalue weighted by molar-refractivity contribution is -0.141. The Bertz CT molecular complexity index is 1200. The summed E-state index contributed by atoms with van der Waals surface area (Å²) in [5.74, 6) is -0.257. The van der Waals surface area contributed by atoms with Crippen molar-refractivity contribution < 1.29 is 23.5 Å². The third kappa shape index (κ3) is 3.23. The van der Waals surface area contributed by atoms with Gasteiger partial charge in [-0.15, -0.1) is 0 Å². The maximum Gasteiger partial charge on any atom is 0.302 e. The molecule has 0 amide bonds. The molecule has 0 radical (unpaired) electrons. The minimum Gasteiger partial charge on any atom is -0.465 e. The average molecular weight is 405 g/mol. The molecule has 0 saturated carbocycles. The molecular weight excluding hydrogens is 382 g/mol. The van der Waals surface area contributed by atoms with Crippen molar-refractivity contribution in [1.29, 1.82) is 0 Å². The van der Waals surface area contributed by atoms with Crippen molar-refractivity contribution in [1.82, 2.24) is 4.90 Å². The van der Waals surface area contributed by atoms with Gasteiger partial charge < -0.3 is 9.15 Å². The Labute approximate surface area is 174 Å². The van der Waals surface area contributed by atoms with E-state index in [1.54, 1.807) is 6.92 Å². The molecule has 6 nitrogen and oxygen atoms in total. The number of rotatable bonds is 5. The van der Waals surface area contributed by atoms with Gasteiger partial charge in [0.05, 0.1) is 12.1 Å². The van der Waals surface area contributed by atoms with E-state index in [4.69, 9.17) is 9.15 Å². The molecule has 6 heteroatoms. The highest BCUT2D eigenvalue weighted by molar-refractivity contribution is 6.54. The van der Waals surface area contributed by atoms with Crippen molar-refractivity contribution in [3.63, 3.8) is 0 Å². The van der Waals surface area contributed by atoms with Crippen LogP contribution < -0.4 is 0 Å². The van der Waals surface area contributed by atoms with Crippen molar-refractivity contribution in [3.8, 4) is 11.3 Å². The molecule has 4 rings (SSSR count). The molecule has 0 aliphatic heterocycles. The standard InChI is InChI=1S/C24H23NO5/c1-13-6-5-7-17-16(13)8-9-18-21(17)23(28)22(27)20-14(2)19(30-24(18)20)12-25(4)10-11-29-15(3)26/h5-9H,10-12H2,1-4H3. The van der Waals surface area contributed by atoms with Crippen LogP contribution in [0.1, 0.15) is 44.5 Å². The number of carbonyl (C=O) groups excluding carboxylic acids is 3. The van der Waals surface area contributed by atoms with Crippen molar-refractivity contribution in [2.45, 2.75) is 27.3 Å². The number of aryl methyl sites for hydroxylation is 1. The molecule has 2 aromatic carbocycles. The number of likely N-dealkylation sites (N-methyl/N-ethyl adjacent to an activating group) is 1. The van der Waals surface area contributed by atoms with E-state index in [2.05, 4.69) is 0 Å². The fourth-order valence-corrected chi connectivity index (χ4v) is 4.02. The highest BCUT2D eigenvalue weighted by Crippen LogP contribution is 2.41. The summed E-state index contributed by atoms with van der Waals surface area (Å²) in [4.78, 5) is 38.9. The summed E-state index contributed by atoms with van der Waals surface area (Å²) in [6.45, 7) is 6.39. The Morgan fingerprint density at radius 2 is 1.77 bits per heavy atom. The number of hydrogen-bond donors (Lipinski definition) is 0. The summed E-state index contributed by atoms with van der Waals surface area (Å²) in [5, 5.41) is 1.72. The first-order valence-electron chi connectivity index (χ1n) is 9.85. The van der Waals surface area contributed by atoms with Crippen LogP contribution in [0.5, 0.6) is 0 Å². The molecule has 0 fully saturated rings. The third-order valence-corrected chi connectivity index (χ3v) is 5.62.